The maximum absolute atomic E-state index is 5.74. The van der Waals surface area contributed by atoms with Crippen molar-refractivity contribution in [3.05, 3.63) is 36.2 Å². The van der Waals surface area contributed by atoms with E-state index in [0.29, 0.717) is 0 Å². The second-order valence-corrected chi connectivity index (χ2v) is 3.38. The lowest BCUT2D eigenvalue weighted by Gasteiger charge is -2.01. The third-order valence-electron chi connectivity index (χ3n) is 2.05. The van der Waals surface area contributed by atoms with Gasteiger partial charge in [-0.2, -0.15) is 5.10 Å². The molecule has 0 aromatic carbocycles. The van der Waals surface area contributed by atoms with Gasteiger partial charge >= 0.3 is 0 Å². The minimum Gasteiger partial charge on any atom is -0.328 e. The van der Waals surface area contributed by atoms with Crippen LogP contribution < -0.4 is 5.73 Å². The Labute approximate surface area is 77.2 Å². The molecule has 0 aliphatic rings. The summed E-state index contributed by atoms with van der Waals surface area (Å²) in [6, 6.07) is 6.23. The first kappa shape index (κ1) is 8.26. The summed E-state index contributed by atoms with van der Waals surface area (Å²) in [4.78, 5) is 0. The Morgan fingerprint density at radius 3 is 3.15 bits per heavy atom. The molecule has 0 unspecified atom stereocenters. The van der Waals surface area contributed by atoms with Gasteiger partial charge in [-0.3, -0.25) is 0 Å². The Hall–Kier alpha value is -1.35. The van der Waals surface area contributed by atoms with Crippen LogP contribution in [0.15, 0.2) is 30.6 Å². The van der Waals surface area contributed by atoms with Crippen LogP contribution in [0.25, 0.3) is 5.52 Å². The average Bonchev–Trinajstić information content (AvgIpc) is 2.48. The van der Waals surface area contributed by atoms with E-state index >= 15 is 0 Å². The number of hydrogen-bond donors (Lipinski definition) is 1. The number of fused-ring (bicyclic) bond motifs is 1. The smallest absolute Gasteiger partial charge is 0.0694 e. The van der Waals surface area contributed by atoms with Gasteiger partial charge in [-0.25, -0.2) is 4.52 Å². The van der Waals surface area contributed by atoms with Crippen molar-refractivity contribution in [3.8, 4) is 0 Å². The highest BCUT2D eigenvalue weighted by atomic mass is 15.2. The van der Waals surface area contributed by atoms with E-state index in [1.54, 1.807) is 0 Å². The summed E-state index contributed by atoms with van der Waals surface area (Å²) in [6.45, 7) is 2.01. The van der Waals surface area contributed by atoms with E-state index in [-0.39, 0.29) is 6.04 Å². The number of hydrogen-bond acceptors (Lipinski definition) is 2. The molecule has 3 heteroatoms. The van der Waals surface area contributed by atoms with Crippen molar-refractivity contribution >= 4 is 5.52 Å². The molecule has 0 fully saturated rings. The predicted molar refractivity (Wildman–Crippen MR) is 52.5 cm³/mol. The zero-order valence-electron chi connectivity index (χ0n) is 7.64. The van der Waals surface area contributed by atoms with Gasteiger partial charge in [0, 0.05) is 12.2 Å². The van der Waals surface area contributed by atoms with Crippen LogP contribution in [0.4, 0.5) is 0 Å². The van der Waals surface area contributed by atoms with Gasteiger partial charge in [-0.1, -0.05) is 6.07 Å². The minimum atomic E-state index is 0.188. The standard InChI is InChI=1S/C10H13N3/c1-8(11)6-9-7-12-13-5-3-2-4-10(9)13/h2-5,7-8H,6,11H2,1H3/t8-/m0/s1. The molecule has 13 heavy (non-hydrogen) atoms. The van der Waals surface area contributed by atoms with Crippen molar-refractivity contribution in [1.29, 1.82) is 0 Å². The van der Waals surface area contributed by atoms with Gasteiger partial charge in [0.2, 0.25) is 0 Å². The van der Waals surface area contributed by atoms with E-state index in [4.69, 9.17) is 5.73 Å². The summed E-state index contributed by atoms with van der Waals surface area (Å²) >= 11 is 0. The summed E-state index contributed by atoms with van der Waals surface area (Å²) in [5.41, 5.74) is 8.11. The molecule has 3 nitrogen and oxygen atoms in total. The first-order chi connectivity index (χ1) is 6.27. The molecule has 0 saturated heterocycles. The minimum absolute atomic E-state index is 0.188. The zero-order valence-corrected chi connectivity index (χ0v) is 7.64. The normalized spacial score (nSPS) is 13.4. The molecule has 0 aliphatic heterocycles. The molecule has 0 bridgehead atoms. The predicted octanol–water partition coefficient (Wildman–Crippen LogP) is 1.22. The Bertz CT molecular complexity index is 403. The van der Waals surface area contributed by atoms with Gasteiger partial charge in [-0.15, -0.1) is 0 Å². The number of rotatable bonds is 2. The van der Waals surface area contributed by atoms with Crippen LogP contribution in [-0.2, 0) is 6.42 Å². The van der Waals surface area contributed by atoms with Crippen molar-refractivity contribution in [2.45, 2.75) is 19.4 Å². The third-order valence-corrected chi connectivity index (χ3v) is 2.05. The van der Waals surface area contributed by atoms with E-state index in [2.05, 4.69) is 11.2 Å². The van der Waals surface area contributed by atoms with Crippen LogP contribution in [0, 0.1) is 0 Å². The van der Waals surface area contributed by atoms with E-state index in [1.165, 1.54) is 5.56 Å². The molecule has 68 valence electrons. The SMILES string of the molecule is C[C@H](N)Cc1cnn2ccccc12. The fraction of sp³-hybridized carbons (Fsp3) is 0.300. The second-order valence-electron chi connectivity index (χ2n) is 3.38. The molecule has 0 radical (unpaired) electrons. The van der Waals surface area contributed by atoms with Crippen molar-refractivity contribution < 1.29 is 0 Å². The Balaban J connectivity index is 2.46. The van der Waals surface area contributed by atoms with E-state index in [9.17, 15) is 0 Å². The lowest BCUT2D eigenvalue weighted by molar-refractivity contribution is 0.741. The molecule has 0 aliphatic carbocycles. The molecule has 0 spiro atoms. The van der Waals surface area contributed by atoms with Gasteiger partial charge < -0.3 is 5.73 Å². The first-order valence-electron chi connectivity index (χ1n) is 4.44. The lowest BCUT2D eigenvalue weighted by Crippen LogP contribution is -2.17. The van der Waals surface area contributed by atoms with Crippen molar-refractivity contribution in [2.24, 2.45) is 5.73 Å². The molecule has 2 rings (SSSR count). The van der Waals surface area contributed by atoms with Crippen molar-refractivity contribution in [2.75, 3.05) is 0 Å². The number of aromatic nitrogens is 2. The molecular weight excluding hydrogens is 162 g/mol. The average molecular weight is 175 g/mol. The first-order valence-corrected chi connectivity index (χ1v) is 4.44. The Morgan fingerprint density at radius 2 is 2.38 bits per heavy atom. The molecule has 2 heterocycles. The topological polar surface area (TPSA) is 43.3 Å². The summed E-state index contributed by atoms with van der Waals surface area (Å²) in [5.74, 6) is 0. The third kappa shape index (κ3) is 1.55. The molecule has 2 N–H and O–H groups in total. The van der Waals surface area contributed by atoms with Crippen LogP contribution in [0.1, 0.15) is 12.5 Å². The Kier molecular flexibility index (Phi) is 2.02. The monoisotopic (exact) mass is 175 g/mol. The lowest BCUT2D eigenvalue weighted by atomic mass is 10.1. The van der Waals surface area contributed by atoms with Gasteiger partial charge in [0.25, 0.3) is 0 Å². The number of pyridine rings is 1. The zero-order chi connectivity index (χ0) is 9.26. The van der Waals surface area contributed by atoms with E-state index in [0.717, 1.165) is 11.9 Å². The van der Waals surface area contributed by atoms with Crippen LogP contribution in [0.3, 0.4) is 0 Å². The highest BCUT2D eigenvalue weighted by Crippen LogP contribution is 2.11. The van der Waals surface area contributed by atoms with Gasteiger partial charge in [0.05, 0.1) is 11.7 Å². The molecule has 0 saturated carbocycles. The highest BCUT2D eigenvalue weighted by molar-refractivity contribution is 5.53. The van der Waals surface area contributed by atoms with Crippen LogP contribution >= 0.6 is 0 Å². The van der Waals surface area contributed by atoms with E-state index in [1.807, 2.05) is 36.0 Å². The maximum atomic E-state index is 5.74. The van der Waals surface area contributed by atoms with Crippen LogP contribution in [0.2, 0.25) is 0 Å². The Morgan fingerprint density at radius 1 is 1.54 bits per heavy atom. The molecule has 2 aromatic heterocycles. The molecule has 2 aromatic rings. The summed E-state index contributed by atoms with van der Waals surface area (Å²) in [7, 11) is 0. The van der Waals surface area contributed by atoms with Gasteiger partial charge in [-0.05, 0) is 31.0 Å². The number of nitrogens with two attached hydrogens (primary N) is 1. The quantitative estimate of drug-likeness (QED) is 0.745. The maximum Gasteiger partial charge on any atom is 0.0694 e. The van der Waals surface area contributed by atoms with Gasteiger partial charge in [0.1, 0.15) is 0 Å². The fourth-order valence-corrected chi connectivity index (χ4v) is 1.49. The molecule has 1 atom stereocenters. The second kappa shape index (κ2) is 3.18. The molecule has 0 amide bonds. The fourth-order valence-electron chi connectivity index (χ4n) is 1.49. The van der Waals surface area contributed by atoms with Gasteiger partial charge in [0.15, 0.2) is 0 Å². The van der Waals surface area contributed by atoms with Crippen molar-refractivity contribution in [1.82, 2.24) is 9.61 Å². The largest absolute Gasteiger partial charge is 0.328 e. The summed E-state index contributed by atoms with van der Waals surface area (Å²) in [5, 5.41) is 4.23. The van der Waals surface area contributed by atoms with Crippen LogP contribution in [0.5, 0.6) is 0 Å². The van der Waals surface area contributed by atoms with Crippen LogP contribution in [-0.4, -0.2) is 15.7 Å². The molecular formula is C10H13N3. The van der Waals surface area contributed by atoms with Crippen molar-refractivity contribution in [3.63, 3.8) is 0 Å². The highest BCUT2D eigenvalue weighted by Gasteiger charge is 2.04. The van der Waals surface area contributed by atoms with E-state index < -0.39 is 0 Å². The summed E-state index contributed by atoms with van der Waals surface area (Å²) in [6.07, 6.45) is 4.71. The summed E-state index contributed by atoms with van der Waals surface area (Å²) < 4.78 is 1.87. The number of nitrogens with zero attached hydrogens (tertiary/aromatic N) is 2.